The van der Waals surface area contributed by atoms with Gasteiger partial charge in [-0.05, 0) is 37.6 Å². The highest BCUT2D eigenvalue weighted by atomic mass is 35.5. The smallest absolute Gasteiger partial charge is 0.239 e. The second-order valence-corrected chi connectivity index (χ2v) is 6.51. The number of rotatable bonds is 5. The summed E-state index contributed by atoms with van der Waals surface area (Å²) in [5.41, 5.74) is -0.0735. The van der Waals surface area contributed by atoms with E-state index in [1.165, 1.54) is 0 Å². The van der Waals surface area contributed by atoms with Crippen LogP contribution in [0.3, 0.4) is 0 Å². The van der Waals surface area contributed by atoms with E-state index < -0.39 is 17.2 Å². The van der Waals surface area contributed by atoms with Crippen LogP contribution in [0.4, 0.5) is 5.69 Å². The molecule has 24 heavy (non-hydrogen) atoms. The number of nitrogens with zero attached hydrogens (tertiary/aromatic N) is 1. The topological polar surface area (TPSA) is 71.1 Å². The van der Waals surface area contributed by atoms with E-state index in [1.54, 1.807) is 50.5 Å². The van der Waals surface area contributed by atoms with E-state index in [-0.39, 0.29) is 5.02 Å². The van der Waals surface area contributed by atoms with Gasteiger partial charge in [-0.25, -0.2) is 0 Å². The average Bonchev–Trinajstić information content (AvgIpc) is 2.57. The maximum atomic E-state index is 12.5. The molecule has 2 aromatic rings. The van der Waals surface area contributed by atoms with E-state index in [0.29, 0.717) is 17.3 Å². The zero-order valence-electron chi connectivity index (χ0n) is 13.3. The fourth-order valence-corrected chi connectivity index (χ4v) is 2.24. The number of amides is 2. The Hall–Kier alpha value is -2.11. The Balaban J connectivity index is 2.03. The van der Waals surface area contributed by atoms with Crippen LogP contribution in [-0.2, 0) is 16.1 Å². The van der Waals surface area contributed by atoms with Gasteiger partial charge in [-0.3, -0.25) is 14.6 Å². The molecule has 5 nitrogen and oxygen atoms in total. The highest BCUT2D eigenvalue weighted by Gasteiger charge is 2.36. The number of aromatic nitrogens is 1. The number of benzene rings is 1. The Bertz CT molecular complexity index is 749. The van der Waals surface area contributed by atoms with Crippen LogP contribution in [0, 0.1) is 5.41 Å². The van der Waals surface area contributed by atoms with Gasteiger partial charge in [-0.2, -0.15) is 0 Å². The van der Waals surface area contributed by atoms with Gasteiger partial charge in [0.15, 0.2) is 0 Å². The van der Waals surface area contributed by atoms with Crippen molar-refractivity contribution in [2.24, 2.45) is 5.41 Å². The third-order valence-corrected chi connectivity index (χ3v) is 4.33. The lowest BCUT2D eigenvalue weighted by molar-refractivity contribution is -0.138. The highest BCUT2D eigenvalue weighted by molar-refractivity contribution is 6.44. The number of anilines is 1. The molecule has 0 radical (unpaired) electrons. The summed E-state index contributed by atoms with van der Waals surface area (Å²) in [4.78, 5) is 28.8. The van der Waals surface area contributed by atoms with E-state index >= 15 is 0 Å². The molecule has 126 valence electrons. The standard InChI is InChI=1S/C17H17Cl2N3O2/c1-17(2,15(23)21-10-11-5-4-8-20-9-11)16(24)22-13-7-3-6-12(18)14(13)19/h3-9H,10H2,1-2H3,(H,21,23)(H,22,24). The lowest BCUT2D eigenvalue weighted by Gasteiger charge is -2.23. The van der Waals surface area contributed by atoms with Crippen molar-refractivity contribution in [2.75, 3.05) is 5.32 Å². The third kappa shape index (κ3) is 4.24. The molecule has 1 heterocycles. The molecule has 2 amide bonds. The number of halogens is 2. The minimum atomic E-state index is -1.28. The molecule has 0 bridgehead atoms. The molecule has 1 aromatic heterocycles. The number of carbonyl (C=O) groups excluding carboxylic acids is 2. The molecule has 0 atom stereocenters. The summed E-state index contributed by atoms with van der Waals surface area (Å²) < 4.78 is 0. The average molecular weight is 366 g/mol. The predicted molar refractivity (Wildman–Crippen MR) is 95.0 cm³/mol. The maximum absolute atomic E-state index is 12.5. The van der Waals surface area contributed by atoms with Crippen molar-refractivity contribution in [2.45, 2.75) is 20.4 Å². The lowest BCUT2D eigenvalue weighted by Crippen LogP contribution is -2.44. The van der Waals surface area contributed by atoms with Gasteiger partial charge in [0.25, 0.3) is 0 Å². The SMILES string of the molecule is CC(C)(C(=O)NCc1cccnc1)C(=O)Nc1cccc(Cl)c1Cl. The fraction of sp³-hybridized carbons (Fsp3) is 0.235. The molecule has 0 saturated heterocycles. The molecule has 0 aliphatic rings. The Morgan fingerprint density at radius 1 is 1.12 bits per heavy atom. The van der Waals surface area contributed by atoms with Gasteiger partial charge in [-0.1, -0.05) is 35.3 Å². The van der Waals surface area contributed by atoms with Crippen LogP contribution in [0.1, 0.15) is 19.4 Å². The van der Waals surface area contributed by atoms with Crippen LogP contribution < -0.4 is 10.6 Å². The Morgan fingerprint density at radius 2 is 1.88 bits per heavy atom. The molecule has 7 heteroatoms. The molecule has 0 unspecified atom stereocenters. The van der Waals surface area contributed by atoms with Gasteiger partial charge in [0, 0.05) is 18.9 Å². The monoisotopic (exact) mass is 365 g/mol. The number of nitrogens with one attached hydrogen (secondary N) is 2. The van der Waals surface area contributed by atoms with E-state index in [1.807, 2.05) is 6.07 Å². The second kappa shape index (κ2) is 7.64. The molecule has 2 N–H and O–H groups in total. The zero-order valence-corrected chi connectivity index (χ0v) is 14.8. The van der Waals surface area contributed by atoms with Crippen LogP contribution in [0.25, 0.3) is 0 Å². The van der Waals surface area contributed by atoms with E-state index in [4.69, 9.17) is 23.2 Å². The Morgan fingerprint density at radius 3 is 2.54 bits per heavy atom. The molecule has 0 aliphatic carbocycles. The summed E-state index contributed by atoms with van der Waals surface area (Å²) in [5, 5.41) is 5.94. The van der Waals surface area contributed by atoms with Gasteiger partial charge in [0.2, 0.25) is 11.8 Å². The largest absolute Gasteiger partial charge is 0.351 e. The molecular formula is C17H17Cl2N3O2. The van der Waals surface area contributed by atoms with Crippen LogP contribution in [0.2, 0.25) is 10.0 Å². The van der Waals surface area contributed by atoms with Gasteiger partial charge < -0.3 is 10.6 Å². The van der Waals surface area contributed by atoms with Crippen LogP contribution >= 0.6 is 23.2 Å². The van der Waals surface area contributed by atoms with Crippen LogP contribution in [0.5, 0.6) is 0 Å². The molecular weight excluding hydrogens is 349 g/mol. The predicted octanol–water partition coefficient (Wildman–Crippen LogP) is 3.67. The summed E-state index contributed by atoms with van der Waals surface area (Å²) in [6, 6.07) is 8.52. The zero-order chi connectivity index (χ0) is 17.7. The summed E-state index contributed by atoms with van der Waals surface area (Å²) in [6.07, 6.45) is 3.30. The first-order chi connectivity index (χ1) is 11.3. The molecule has 0 saturated carbocycles. The molecule has 0 aliphatic heterocycles. The third-order valence-electron chi connectivity index (χ3n) is 3.51. The van der Waals surface area contributed by atoms with Gasteiger partial charge in [0.1, 0.15) is 5.41 Å². The van der Waals surface area contributed by atoms with Crippen molar-refractivity contribution in [1.82, 2.24) is 10.3 Å². The number of pyridine rings is 1. The Kier molecular flexibility index (Phi) is 5.80. The minimum Gasteiger partial charge on any atom is -0.351 e. The fourth-order valence-electron chi connectivity index (χ4n) is 1.89. The normalized spacial score (nSPS) is 11.0. The van der Waals surface area contributed by atoms with Crippen molar-refractivity contribution in [1.29, 1.82) is 0 Å². The first-order valence-corrected chi connectivity index (χ1v) is 8.00. The summed E-state index contributed by atoms with van der Waals surface area (Å²) in [5.74, 6) is -0.877. The van der Waals surface area contributed by atoms with Gasteiger partial charge in [-0.15, -0.1) is 0 Å². The second-order valence-electron chi connectivity index (χ2n) is 5.72. The molecule has 1 aromatic carbocycles. The summed E-state index contributed by atoms with van der Waals surface area (Å²) >= 11 is 12.0. The van der Waals surface area contributed by atoms with Gasteiger partial charge >= 0.3 is 0 Å². The minimum absolute atomic E-state index is 0.235. The van der Waals surface area contributed by atoms with Crippen molar-refractivity contribution < 1.29 is 9.59 Å². The van der Waals surface area contributed by atoms with E-state index in [2.05, 4.69) is 15.6 Å². The summed E-state index contributed by atoms with van der Waals surface area (Å²) in [6.45, 7) is 3.38. The van der Waals surface area contributed by atoms with Crippen molar-refractivity contribution in [3.8, 4) is 0 Å². The molecule has 0 spiro atoms. The highest BCUT2D eigenvalue weighted by Crippen LogP contribution is 2.30. The first kappa shape index (κ1) is 18.2. The quantitative estimate of drug-likeness (QED) is 0.794. The maximum Gasteiger partial charge on any atom is 0.239 e. The van der Waals surface area contributed by atoms with E-state index in [9.17, 15) is 9.59 Å². The summed E-state index contributed by atoms with van der Waals surface area (Å²) in [7, 11) is 0. The number of carbonyl (C=O) groups is 2. The Labute approximate surface area is 150 Å². The van der Waals surface area contributed by atoms with Crippen LogP contribution in [-0.4, -0.2) is 16.8 Å². The van der Waals surface area contributed by atoms with Crippen molar-refractivity contribution in [3.05, 3.63) is 58.3 Å². The lowest BCUT2D eigenvalue weighted by atomic mass is 9.91. The first-order valence-electron chi connectivity index (χ1n) is 7.25. The van der Waals surface area contributed by atoms with Crippen molar-refractivity contribution >= 4 is 40.7 Å². The van der Waals surface area contributed by atoms with Crippen LogP contribution in [0.15, 0.2) is 42.7 Å². The van der Waals surface area contributed by atoms with E-state index in [0.717, 1.165) is 5.56 Å². The van der Waals surface area contributed by atoms with Crippen molar-refractivity contribution in [3.63, 3.8) is 0 Å². The number of hydrogen-bond donors (Lipinski definition) is 2. The van der Waals surface area contributed by atoms with Gasteiger partial charge in [0.05, 0.1) is 15.7 Å². The molecule has 2 rings (SSSR count). The molecule has 0 fully saturated rings. The number of hydrogen-bond acceptors (Lipinski definition) is 3.